The molecule has 1 fully saturated rings. The van der Waals surface area contributed by atoms with E-state index in [1.807, 2.05) is 30.0 Å². The first kappa shape index (κ1) is 12.3. The highest BCUT2D eigenvalue weighted by Gasteiger charge is 2.32. The third-order valence-electron chi connectivity index (χ3n) is 3.43. The number of nitrogens with one attached hydrogen (secondary N) is 1. The molecule has 0 spiro atoms. The van der Waals surface area contributed by atoms with E-state index in [1.54, 1.807) is 0 Å². The molecule has 0 radical (unpaired) electrons. The molecule has 3 rings (SSSR count). The Labute approximate surface area is 113 Å². The van der Waals surface area contributed by atoms with Crippen molar-refractivity contribution in [2.24, 2.45) is 5.92 Å². The Hall–Kier alpha value is -1.78. The molecular weight excluding hydrogens is 238 g/mol. The number of rotatable bonds is 5. The monoisotopic (exact) mass is 259 g/mol. The second-order valence-corrected chi connectivity index (χ2v) is 5.64. The highest BCUT2D eigenvalue weighted by atomic mass is 15.3. The van der Waals surface area contributed by atoms with E-state index in [9.17, 15) is 0 Å². The topological polar surface area (TPSA) is 45.5 Å². The lowest BCUT2D eigenvalue weighted by Gasteiger charge is -2.26. The van der Waals surface area contributed by atoms with Gasteiger partial charge in [-0.05, 0) is 18.8 Å². The molecule has 19 heavy (non-hydrogen) atoms. The van der Waals surface area contributed by atoms with Crippen LogP contribution in [0, 0.1) is 5.92 Å². The first-order chi connectivity index (χ1) is 9.19. The summed E-state index contributed by atoms with van der Waals surface area (Å²) in [4.78, 5) is 11.6. The molecular formula is C14H21N5. The molecule has 2 aromatic heterocycles. The maximum Gasteiger partial charge on any atom is 0.180 e. The zero-order chi connectivity index (χ0) is 13.4. The quantitative estimate of drug-likeness (QED) is 0.895. The Morgan fingerprint density at radius 2 is 2.26 bits per heavy atom. The lowest BCUT2D eigenvalue weighted by Crippen LogP contribution is -2.31. The number of nitrogens with zero attached hydrogens (tertiary/aromatic N) is 4. The van der Waals surface area contributed by atoms with E-state index < -0.39 is 0 Å². The van der Waals surface area contributed by atoms with Crippen molar-refractivity contribution in [3.8, 4) is 0 Å². The largest absolute Gasteiger partial charge is 0.372 e. The van der Waals surface area contributed by atoms with E-state index in [0.717, 1.165) is 23.8 Å². The van der Waals surface area contributed by atoms with Crippen LogP contribution in [-0.4, -0.2) is 34.0 Å². The molecule has 102 valence electrons. The van der Waals surface area contributed by atoms with Crippen molar-refractivity contribution >= 4 is 17.3 Å². The second-order valence-electron chi connectivity index (χ2n) is 5.64. The predicted octanol–water partition coefficient (Wildman–Crippen LogP) is 2.40. The van der Waals surface area contributed by atoms with Crippen molar-refractivity contribution < 1.29 is 0 Å². The van der Waals surface area contributed by atoms with Gasteiger partial charge in [0.15, 0.2) is 11.5 Å². The number of anilines is 2. The van der Waals surface area contributed by atoms with Gasteiger partial charge in [-0.1, -0.05) is 13.8 Å². The summed E-state index contributed by atoms with van der Waals surface area (Å²) in [5.74, 6) is 2.51. The molecule has 2 heterocycles. The van der Waals surface area contributed by atoms with Crippen molar-refractivity contribution in [2.45, 2.75) is 32.7 Å². The van der Waals surface area contributed by atoms with Crippen LogP contribution in [0.3, 0.4) is 0 Å². The Morgan fingerprint density at radius 1 is 1.47 bits per heavy atom. The van der Waals surface area contributed by atoms with Crippen LogP contribution in [0.5, 0.6) is 0 Å². The normalized spacial score (nSPS) is 15.2. The van der Waals surface area contributed by atoms with Gasteiger partial charge in [0, 0.05) is 32.0 Å². The Morgan fingerprint density at radius 3 is 2.89 bits per heavy atom. The molecule has 1 aliphatic rings. The number of hydrogen-bond acceptors (Lipinski definition) is 4. The summed E-state index contributed by atoms with van der Waals surface area (Å²) in [7, 11) is 1.90. The van der Waals surface area contributed by atoms with Crippen LogP contribution in [0.15, 0.2) is 18.6 Å². The molecule has 1 aliphatic carbocycles. The summed E-state index contributed by atoms with van der Waals surface area (Å²) in [6.45, 7) is 5.54. The Kier molecular flexibility index (Phi) is 3.05. The summed E-state index contributed by atoms with van der Waals surface area (Å²) in [6.07, 6.45) is 8.32. The number of imidazole rings is 1. The summed E-state index contributed by atoms with van der Waals surface area (Å²) < 4.78 is 2.05. The van der Waals surface area contributed by atoms with E-state index in [4.69, 9.17) is 4.98 Å². The standard InChI is InChI=1S/C14H21N5/c1-10(2)8-19(11-4-5-11)14-13-16-6-7-18(13)9-12(15-3)17-14/h6-7,9-11,15H,4-5,8H2,1-3H3. The molecule has 0 aromatic carbocycles. The van der Waals surface area contributed by atoms with E-state index in [0.29, 0.717) is 12.0 Å². The fourth-order valence-corrected chi connectivity index (χ4v) is 2.42. The number of aromatic nitrogens is 3. The minimum atomic E-state index is 0.621. The van der Waals surface area contributed by atoms with Crippen LogP contribution in [-0.2, 0) is 0 Å². The van der Waals surface area contributed by atoms with Crippen LogP contribution in [0.25, 0.3) is 5.65 Å². The molecule has 1 saturated carbocycles. The minimum Gasteiger partial charge on any atom is -0.372 e. The molecule has 2 aromatic rings. The third kappa shape index (κ3) is 2.37. The van der Waals surface area contributed by atoms with Crippen LogP contribution in [0.4, 0.5) is 11.6 Å². The van der Waals surface area contributed by atoms with Crippen molar-refractivity contribution in [3.05, 3.63) is 18.6 Å². The van der Waals surface area contributed by atoms with Crippen LogP contribution in [0.1, 0.15) is 26.7 Å². The lowest BCUT2D eigenvalue weighted by atomic mass is 10.2. The summed E-state index contributed by atoms with van der Waals surface area (Å²) in [5.41, 5.74) is 0.951. The van der Waals surface area contributed by atoms with Crippen molar-refractivity contribution in [1.82, 2.24) is 14.4 Å². The van der Waals surface area contributed by atoms with Crippen LogP contribution < -0.4 is 10.2 Å². The van der Waals surface area contributed by atoms with Crippen molar-refractivity contribution in [2.75, 3.05) is 23.8 Å². The number of hydrogen-bond donors (Lipinski definition) is 1. The van der Waals surface area contributed by atoms with Gasteiger partial charge in [0.05, 0.1) is 6.20 Å². The van der Waals surface area contributed by atoms with Gasteiger partial charge >= 0.3 is 0 Å². The van der Waals surface area contributed by atoms with Gasteiger partial charge < -0.3 is 14.6 Å². The smallest absolute Gasteiger partial charge is 0.180 e. The van der Waals surface area contributed by atoms with Gasteiger partial charge in [0.25, 0.3) is 0 Å². The molecule has 0 bridgehead atoms. The first-order valence-electron chi connectivity index (χ1n) is 6.97. The van der Waals surface area contributed by atoms with E-state index in [2.05, 4.69) is 29.0 Å². The zero-order valence-electron chi connectivity index (χ0n) is 11.8. The van der Waals surface area contributed by atoms with Crippen LogP contribution >= 0.6 is 0 Å². The van der Waals surface area contributed by atoms with Gasteiger partial charge in [-0.2, -0.15) is 0 Å². The lowest BCUT2D eigenvalue weighted by molar-refractivity contribution is 0.603. The molecule has 5 nitrogen and oxygen atoms in total. The summed E-state index contributed by atoms with van der Waals surface area (Å²) in [5, 5.41) is 3.13. The summed E-state index contributed by atoms with van der Waals surface area (Å²) in [6, 6.07) is 0.641. The predicted molar refractivity (Wildman–Crippen MR) is 77.7 cm³/mol. The Bertz CT molecular complexity index is 570. The molecule has 0 unspecified atom stereocenters. The summed E-state index contributed by atoms with van der Waals surface area (Å²) >= 11 is 0. The maximum absolute atomic E-state index is 4.74. The first-order valence-corrected chi connectivity index (χ1v) is 6.97. The second kappa shape index (κ2) is 4.72. The van der Waals surface area contributed by atoms with Gasteiger partial charge in [-0.3, -0.25) is 0 Å². The van der Waals surface area contributed by atoms with Crippen LogP contribution in [0.2, 0.25) is 0 Å². The van der Waals surface area contributed by atoms with Crippen molar-refractivity contribution in [3.63, 3.8) is 0 Å². The average molecular weight is 259 g/mol. The number of fused-ring (bicyclic) bond motifs is 1. The van der Waals surface area contributed by atoms with Gasteiger partial charge in [-0.25, -0.2) is 9.97 Å². The van der Waals surface area contributed by atoms with E-state index in [-0.39, 0.29) is 0 Å². The van der Waals surface area contributed by atoms with Gasteiger partial charge in [-0.15, -0.1) is 0 Å². The zero-order valence-corrected chi connectivity index (χ0v) is 11.8. The average Bonchev–Trinajstić information content (AvgIpc) is 3.12. The third-order valence-corrected chi connectivity index (χ3v) is 3.43. The molecule has 0 saturated heterocycles. The molecule has 0 atom stereocenters. The van der Waals surface area contributed by atoms with E-state index >= 15 is 0 Å². The fraction of sp³-hybridized carbons (Fsp3) is 0.571. The van der Waals surface area contributed by atoms with Crippen molar-refractivity contribution in [1.29, 1.82) is 0 Å². The highest BCUT2D eigenvalue weighted by molar-refractivity contribution is 5.67. The van der Waals surface area contributed by atoms with Gasteiger partial charge in [0.2, 0.25) is 0 Å². The SMILES string of the molecule is CNc1cn2ccnc2c(N(CC(C)C)C2CC2)n1. The van der Waals surface area contributed by atoms with E-state index in [1.165, 1.54) is 12.8 Å². The Balaban J connectivity index is 2.07. The maximum atomic E-state index is 4.74. The molecule has 0 aliphatic heterocycles. The highest BCUT2D eigenvalue weighted by Crippen LogP contribution is 2.33. The fourth-order valence-electron chi connectivity index (χ4n) is 2.42. The molecule has 5 heteroatoms. The molecule has 1 N–H and O–H groups in total. The molecule has 0 amide bonds. The van der Waals surface area contributed by atoms with Gasteiger partial charge in [0.1, 0.15) is 5.82 Å². The minimum absolute atomic E-state index is 0.621.